The number of hydrogen-bond acceptors (Lipinski definition) is 5. The van der Waals surface area contributed by atoms with Crippen LogP contribution < -0.4 is 4.90 Å². The van der Waals surface area contributed by atoms with E-state index >= 15 is 0 Å². The van der Waals surface area contributed by atoms with Gasteiger partial charge in [0.25, 0.3) is 0 Å². The predicted molar refractivity (Wildman–Crippen MR) is 154 cm³/mol. The lowest BCUT2D eigenvalue weighted by Gasteiger charge is -2.34. The lowest BCUT2D eigenvalue weighted by atomic mass is 9.93. The first kappa shape index (κ1) is 30.9. The molecule has 2 atom stereocenters. The first-order chi connectivity index (χ1) is 18.4. The van der Waals surface area contributed by atoms with Crippen molar-refractivity contribution >= 4 is 46.7 Å². The van der Waals surface area contributed by atoms with E-state index in [0.29, 0.717) is 65.9 Å². The quantitative estimate of drug-likeness (QED) is 0.368. The summed E-state index contributed by atoms with van der Waals surface area (Å²) < 4.78 is 5.14. The summed E-state index contributed by atoms with van der Waals surface area (Å²) in [5, 5.41) is 12.1. The van der Waals surface area contributed by atoms with Gasteiger partial charge in [-0.2, -0.15) is 0 Å². The lowest BCUT2D eigenvalue weighted by Crippen LogP contribution is -2.43. The van der Waals surface area contributed by atoms with E-state index in [1.165, 1.54) is 0 Å². The van der Waals surface area contributed by atoms with Crippen LogP contribution >= 0.6 is 23.2 Å². The molecule has 39 heavy (non-hydrogen) atoms. The Labute approximate surface area is 241 Å². The van der Waals surface area contributed by atoms with Crippen molar-refractivity contribution in [3.05, 3.63) is 63.6 Å². The number of amides is 2. The normalized spacial score (nSPS) is 16.5. The maximum atomic E-state index is 13.7. The molecule has 0 aliphatic carbocycles. The molecule has 1 aliphatic rings. The third-order valence-corrected chi connectivity index (χ3v) is 7.23. The van der Waals surface area contributed by atoms with E-state index in [1.807, 2.05) is 20.8 Å². The van der Waals surface area contributed by atoms with Gasteiger partial charge >= 0.3 is 5.97 Å². The topological polar surface area (TPSA) is 87.2 Å². The average Bonchev–Trinajstić information content (AvgIpc) is 2.90. The fourth-order valence-electron chi connectivity index (χ4n) is 4.80. The Morgan fingerprint density at radius 2 is 1.82 bits per heavy atom. The van der Waals surface area contributed by atoms with E-state index in [1.54, 1.807) is 59.2 Å². The Kier molecular flexibility index (Phi) is 10.8. The summed E-state index contributed by atoms with van der Waals surface area (Å²) in [5.74, 6) is -1.03. The molecule has 212 valence electrons. The average molecular weight is 578 g/mol. The van der Waals surface area contributed by atoms with Gasteiger partial charge in [-0.15, -0.1) is 0 Å². The van der Waals surface area contributed by atoms with E-state index in [9.17, 15) is 19.5 Å². The third kappa shape index (κ3) is 8.44. The van der Waals surface area contributed by atoms with Crippen molar-refractivity contribution in [3.8, 4) is 0 Å². The lowest BCUT2D eigenvalue weighted by molar-refractivity contribution is -0.151. The van der Waals surface area contributed by atoms with Crippen LogP contribution in [0.15, 0.2) is 42.5 Å². The Bertz CT molecular complexity index is 1180. The van der Waals surface area contributed by atoms with Crippen LogP contribution in [0.2, 0.25) is 10.0 Å². The second-order valence-corrected chi connectivity index (χ2v) is 11.9. The Morgan fingerprint density at radius 1 is 1.10 bits per heavy atom. The van der Waals surface area contributed by atoms with Crippen LogP contribution in [-0.4, -0.2) is 54.0 Å². The molecule has 0 spiro atoms. The highest BCUT2D eigenvalue weighted by Gasteiger charge is 2.31. The standard InChI is InChI=1S/C30H38Cl2N2O5/c1-5-39-29(38)20-9-8-16-33(18-20)26(35)14-15-27(36)34(19-30(2,3)4)25-13-12-21(31)17-23(25)28(37)22-10-6-7-11-24(22)32/h6-7,10-13,17,20,28,37H,5,8-9,14-16,18-19H2,1-4H3. The Balaban J connectivity index is 1.82. The minimum absolute atomic E-state index is 0.0141. The SMILES string of the molecule is CCOC(=O)C1CCCN(C(=O)CCC(=O)N(CC(C)(C)C)c2ccc(Cl)cc2C(O)c2ccccc2Cl)C1. The van der Waals surface area contributed by atoms with Crippen molar-refractivity contribution in [1.29, 1.82) is 0 Å². The van der Waals surface area contributed by atoms with Crippen LogP contribution in [0.5, 0.6) is 0 Å². The smallest absolute Gasteiger partial charge is 0.310 e. The fourth-order valence-corrected chi connectivity index (χ4v) is 5.22. The molecule has 0 aromatic heterocycles. The fraction of sp³-hybridized carbons (Fsp3) is 0.500. The maximum Gasteiger partial charge on any atom is 0.310 e. The monoisotopic (exact) mass is 576 g/mol. The molecule has 2 aromatic carbocycles. The van der Waals surface area contributed by atoms with Crippen molar-refractivity contribution in [3.63, 3.8) is 0 Å². The van der Waals surface area contributed by atoms with Crippen LogP contribution in [0.1, 0.15) is 70.6 Å². The number of esters is 1. The number of piperidine rings is 1. The number of carbonyl (C=O) groups is 3. The molecule has 1 saturated heterocycles. The molecule has 2 aromatic rings. The van der Waals surface area contributed by atoms with Gasteiger partial charge in [-0.1, -0.05) is 62.2 Å². The number of carbonyl (C=O) groups excluding carboxylic acids is 3. The molecular weight excluding hydrogens is 539 g/mol. The number of ether oxygens (including phenoxy) is 1. The van der Waals surface area contributed by atoms with Gasteiger partial charge in [-0.25, -0.2) is 0 Å². The summed E-state index contributed by atoms with van der Waals surface area (Å²) in [6, 6.07) is 12.0. The van der Waals surface area contributed by atoms with Crippen molar-refractivity contribution in [2.24, 2.45) is 11.3 Å². The van der Waals surface area contributed by atoms with Crippen molar-refractivity contribution in [2.45, 2.75) is 59.5 Å². The molecular formula is C30H38Cl2N2O5. The molecule has 1 aliphatic heterocycles. The minimum atomic E-state index is -1.11. The molecule has 1 fully saturated rings. The van der Waals surface area contributed by atoms with Crippen molar-refractivity contribution < 1.29 is 24.2 Å². The second-order valence-electron chi connectivity index (χ2n) is 11.1. The number of benzene rings is 2. The zero-order chi connectivity index (χ0) is 28.7. The first-order valence-electron chi connectivity index (χ1n) is 13.4. The summed E-state index contributed by atoms with van der Waals surface area (Å²) >= 11 is 12.7. The molecule has 7 nitrogen and oxygen atoms in total. The summed E-state index contributed by atoms with van der Waals surface area (Å²) in [7, 11) is 0. The molecule has 3 rings (SSSR count). The van der Waals surface area contributed by atoms with Gasteiger partial charge in [0.15, 0.2) is 0 Å². The number of aliphatic hydroxyl groups excluding tert-OH is 1. The van der Waals surface area contributed by atoms with Gasteiger partial charge in [-0.3, -0.25) is 14.4 Å². The summed E-state index contributed by atoms with van der Waals surface area (Å²) in [4.78, 5) is 42.2. The number of aliphatic hydroxyl groups is 1. The molecule has 9 heteroatoms. The summed E-state index contributed by atoms with van der Waals surface area (Å²) in [6.07, 6.45) is 0.295. The second kappa shape index (κ2) is 13.6. The summed E-state index contributed by atoms with van der Waals surface area (Å²) in [5.41, 5.74) is 1.20. The van der Waals surface area contributed by atoms with Gasteiger partial charge in [0.05, 0.1) is 12.5 Å². The zero-order valence-corrected chi connectivity index (χ0v) is 24.6. The molecule has 1 heterocycles. The number of likely N-dealkylation sites (tertiary alicyclic amines) is 1. The first-order valence-corrected chi connectivity index (χ1v) is 14.1. The van der Waals surface area contributed by atoms with Crippen LogP contribution in [0.3, 0.4) is 0 Å². The van der Waals surface area contributed by atoms with E-state index in [0.717, 1.165) is 0 Å². The molecule has 0 radical (unpaired) electrons. The number of rotatable bonds is 9. The predicted octanol–water partition coefficient (Wildman–Crippen LogP) is 6.04. The number of halogens is 2. The third-order valence-electron chi connectivity index (χ3n) is 6.66. The Morgan fingerprint density at radius 3 is 2.49 bits per heavy atom. The maximum absolute atomic E-state index is 13.7. The van der Waals surface area contributed by atoms with Crippen LogP contribution in [0, 0.1) is 11.3 Å². The molecule has 0 saturated carbocycles. The van der Waals surface area contributed by atoms with Gasteiger partial charge in [0.1, 0.15) is 6.10 Å². The highest BCUT2D eigenvalue weighted by Crippen LogP contribution is 2.37. The van der Waals surface area contributed by atoms with E-state index in [-0.39, 0.29) is 42.0 Å². The van der Waals surface area contributed by atoms with Gasteiger partial charge < -0.3 is 19.6 Å². The van der Waals surface area contributed by atoms with Gasteiger partial charge in [0.2, 0.25) is 11.8 Å². The minimum Gasteiger partial charge on any atom is -0.466 e. The number of hydrogen-bond donors (Lipinski definition) is 1. The number of nitrogens with zero attached hydrogens (tertiary/aromatic N) is 2. The van der Waals surface area contributed by atoms with E-state index in [4.69, 9.17) is 27.9 Å². The summed E-state index contributed by atoms with van der Waals surface area (Å²) in [6.45, 7) is 9.34. The zero-order valence-electron chi connectivity index (χ0n) is 23.1. The van der Waals surface area contributed by atoms with Crippen LogP contribution in [0.25, 0.3) is 0 Å². The molecule has 2 amide bonds. The van der Waals surface area contributed by atoms with Crippen LogP contribution in [-0.2, 0) is 19.1 Å². The van der Waals surface area contributed by atoms with Gasteiger partial charge in [-0.05, 0) is 49.4 Å². The highest BCUT2D eigenvalue weighted by atomic mass is 35.5. The van der Waals surface area contributed by atoms with Crippen LogP contribution in [0.4, 0.5) is 5.69 Å². The van der Waals surface area contributed by atoms with E-state index in [2.05, 4.69) is 0 Å². The largest absolute Gasteiger partial charge is 0.466 e. The highest BCUT2D eigenvalue weighted by molar-refractivity contribution is 6.31. The van der Waals surface area contributed by atoms with Gasteiger partial charge in [0, 0.05) is 59.3 Å². The Hall–Kier alpha value is -2.61. The molecule has 2 unspecified atom stereocenters. The van der Waals surface area contributed by atoms with Crippen molar-refractivity contribution in [2.75, 3.05) is 31.1 Å². The molecule has 1 N–H and O–H groups in total. The van der Waals surface area contributed by atoms with E-state index < -0.39 is 6.10 Å². The molecule has 0 bridgehead atoms. The number of anilines is 1. The van der Waals surface area contributed by atoms with Crippen molar-refractivity contribution in [1.82, 2.24) is 4.90 Å².